The topological polar surface area (TPSA) is 32.8 Å². The first kappa shape index (κ1) is 16.4. The molecule has 2 saturated heterocycles. The van der Waals surface area contributed by atoms with Gasteiger partial charge in [0.05, 0.1) is 13.2 Å². The van der Waals surface area contributed by atoms with Gasteiger partial charge in [0, 0.05) is 45.6 Å². The molecule has 2 fully saturated rings. The second-order valence-electron chi connectivity index (χ2n) is 6.64. The summed E-state index contributed by atoms with van der Waals surface area (Å²) in [5.41, 5.74) is 0.790. The van der Waals surface area contributed by atoms with E-state index in [0.29, 0.717) is 39.4 Å². The Hall–Kier alpha value is -1.46. The number of ether oxygens (including phenoxy) is 1. The minimum absolute atomic E-state index is 0.287. The van der Waals surface area contributed by atoms with Crippen LogP contribution in [0.3, 0.4) is 0 Å². The number of alkyl halides is 1. The molecule has 2 aliphatic rings. The van der Waals surface area contributed by atoms with Gasteiger partial charge < -0.3 is 9.64 Å². The van der Waals surface area contributed by atoms with Crippen LogP contribution in [-0.4, -0.2) is 60.8 Å². The highest BCUT2D eigenvalue weighted by atomic mass is 19.1. The number of piperidine rings is 1. The molecule has 1 aromatic carbocycles. The number of morpholine rings is 1. The van der Waals surface area contributed by atoms with E-state index in [0.717, 1.165) is 6.54 Å². The summed E-state index contributed by atoms with van der Waals surface area (Å²) in [6.45, 7) is 6.20. The third-order valence-electron chi connectivity index (χ3n) is 4.82. The molecule has 0 spiro atoms. The Balaban J connectivity index is 1.55. The van der Waals surface area contributed by atoms with Crippen molar-refractivity contribution in [3.05, 3.63) is 35.4 Å². The van der Waals surface area contributed by atoms with Gasteiger partial charge in [-0.15, -0.1) is 0 Å². The number of benzene rings is 1. The fraction of sp³-hybridized carbons (Fsp3) is 0.611. The lowest BCUT2D eigenvalue weighted by Gasteiger charge is -2.39. The molecule has 0 radical (unpaired) electrons. The maximum atomic E-state index is 15.1. The fourth-order valence-corrected chi connectivity index (χ4v) is 3.40. The van der Waals surface area contributed by atoms with Crippen molar-refractivity contribution in [2.75, 3.05) is 39.4 Å². The summed E-state index contributed by atoms with van der Waals surface area (Å²) >= 11 is 0. The van der Waals surface area contributed by atoms with Crippen molar-refractivity contribution in [3.63, 3.8) is 0 Å². The van der Waals surface area contributed by atoms with Crippen molar-refractivity contribution in [1.82, 2.24) is 9.80 Å². The molecule has 0 aliphatic carbocycles. The van der Waals surface area contributed by atoms with Crippen molar-refractivity contribution < 1.29 is 13.9 Å². The van der Waals surface area contributed by atoms with E-state index in [-0.39, 0.29) is 18.7 Å². The fourth-order valence-electron chi connectivity index (χ4n) is 3.40. The molecule has 3 rings (SSSR count). The third kappa shape index (κ3) is 3.90. The number of halogens is 1. The number of amides is 1. The van der Waals surface area contributed by atoms with E-state index < -0.39 is 5.67 Å². The summed E-state index contributed by atoms with van der Waals surface area (Å²) < 4.78 is 20.3. The number of aryl methyl sites for hydroxylation is 1. The molecule has 0 aromatic heterocycles. The molecule has 2 aliphatic heterocycles. The van der Waals surface area contributed by atoms with Crippen LogP contribution in [0.4, 0.5) is 4.39 Å². The molecule has 0 bridgehead atoms. The van der Waals surface area contributed by atoms with Gasteiger partial charge in [0.15, 0.2) is 5.67 Å². The lowest BCUT2D eigenvalue weighted by molar-refractivity contribution is -0.151. The zero-order valence-corrected chi connectivity index (χ0v) is 13.8. The first-order valence-electron chi connectivity index (χ1n) is 8.41. The van der Waals surface area contributed by atoms with Gasteiger partial charge in [-0.2, -0.15) is 0 Å². The van der Waals surface area contributed by atoms with Crippen LogP contribution in [0.15, 0.2) is 24.3 Å². The Labute approximate surface area is 137 Å². The molecule has 0 N–H and O–H groups in total. The first-order chi connectivity index (χ1) is 11.1. The summed E-state index contributed by atoms with van der Waals surface area (Å²) in [6, 6.07) is 8.39. The highest BCUT2D eigenvalue weighted by Crippen LogP contribution is 2.30. The standard InChI is InChI=1S/C18H25FN2O2/c1-15-3-2-4-16(13-15)14-20-7-5-18(19,6-8-20)17(22)21-9-11-23-12-10-21/h2-4,13H,5-12,14H2,1H3. The van der Waals surface area contributed by atoms with Crippen molar-refractivity contribution in [3.8, 4) is 0 Å². The van der Waals surface area contributed by atoms with E-state index in [2.05, 4.69) is 36.1 Å². The minimum atomic E-state index is -1.69. The smallest absolute Gasteiger partial charge is 0.260 e. The Morgan fingerprint density at radius 3 is 2.57 bits per heavy atom. The van der Waals surface area contributed by atoms with Gasteiger partial charge in [-0.3, -0.25) is 9.69 Å². The van der Waals surface area contributed by atoms with E-state index in [9.17, 15) is 4.79 Å². The van der Waals surface area contributed by atoms with E-state index in [1.807, 2.05) is 0 Å². The quantitative estimate of drug-likeness (QED) is 0.855. The molecular weight excluding hydrogens is 295 g/mol. The average molecular weight is 320 g/mol. The minimum Gasteiger partial charge on any atom is -0.378 e. The van der Waals surface area contributed by atoms with E-state index in [1.165, 1.54) is 11.1 Å². The predicted octanol–water partition coefficient (Wildman–Crippen LogP) is 2.16. The van der Waals surface area contributed by atoms with Gasteiger partial charge in [-0.05, 0) is 12.5 Å². The van der Waals surface area contributed by atoms with Crippen LogP contribution in [0.1, 0.15) is 24.0 Å². The van der Waals surface area contributed by atoms with Gasteiger partial charge in [0.2, 0.25) is 0 Å². The monoisotopic (exact) mass is 320 g/mol. The Morgan fingerprint density at radius 1 is 1.22 bits per heavy atom. The molecule has 0 saturated carbocycles. The van der Waals surface area contributed by atoms with Crippen LogP contribution in [-0.2, 0) is 16.1 Å². The Kier molecular flexibility index (Phi) is 4.97. The molecule has 4 nitrogen and oxygen atoms in total. The number of carbonyl (C=O) groups excluding carboxylic acids is 1. The summed E-state index contributed by atoms with van der Waals surface area (Å²) in [5, 5.41) is 0. The SMILES string of the molecule is Cc1cccc(CN2CCC(F)(C(=O)N3CCOCC3)CC2)c1. The third-order valence-corrected chi connectivity index (χ3v) is 4.82. The number of likely N-dealkylation sites (tertiary alicyclic amines) is 1. The number of rotatable bonds is 3. The Bertz CT molecular complexity index is 550. The normalized spacial score (nSPS) is 22.1. The van der Waals surface area contributed by atoms with E-state index in [4.69, 9.17) is 4.74 Å². The van der Waals surface area contributed by atoms with Gasteiger partial charge in [-0.1, -0.05) is 29.8 Å². The average Bonchev–Trinajstić information content (AvgIpc) is 2.57. The largest absolute Gasteiger partial charge is 0.378 e. The maximum absolute atomic E-state index is 15.1. The van der Waals surface area contributed by atoms with Crippen LogP contribution in [0.2, 0.25) is 0 Å². The molecule has 1 amide bonds. The number of nitrogens with zero attached hydrogens (tertiary/aromatic N) is 2. The van der Waals surface area contributed by atoms with E-state index in [1.54, 1.807) is 4.90 Å². The van der Waals surface area contributed by atoms with E-state index >= 15 is 4.39 Å². The molecule has 0 unspecified atom stereocenters. The summed E-state index contributed by atoms with van der Waals surface area (Å²) in [4.78, 5) is 16.3. The second-order valence-corrected chi connectivity index (χ2v) is 6.64. The van der Waals surface area contributed by atoms with Gasteiger partial charge in [-0.25, -0.2) is 4.39 Å². The van der Waals surface area contributed by atoms with Gasteiger partial charge in [0.1, 0.15) is 0 Å². The van der Waals surface area contributed by atoms with Gasteiger partial charge >= 0.3 is 0 Å². The number of hydrogen-bond donors (Lipinski definition) is 0. The van der Waals surface area contributed by atoms with Crippen molar-refractivity contribution in [2.24, 2.45) is 0 Å². The molecular formula is C18H25FN2O2. The van der Waals surface area contributed by atoms with Crippen molar-refractivity contribution >= 4 is 5.91 Å². The van der Waals surface area contributed by atoms with Crippen LogP contribution < -0.4 is 0 Å². The van der Waals surface area contributed by atoms with Crippen LogP contribution in [0.5, 0.6) is 0 Å². The lowest BCUT2D eigenvalue weighted by atomic mass is 9.91. The van der Waals surface area contributed by atoms with Crippen molar-refractivity contribution in [1.29, 1.82) is 0 Å². The number of carbonyl (C=O) groups is 1. The van der Waals surface area contributed by atoms with Crippen LogP contribution >= 0.6 is 0 Å². The molecule has 5 heteroatoms. The molecule has 126 valence electrons. The van der Waals surface area contributed by atoms with Crippen LogP contribution in [0.25, 0.3) is 0 Å². The lowest BCUT2D eigenvalue weighted by Crippen LogP contribution is -2.54. The highest BCUT2D eigenvalue weighted by Gasteiger charge is 2.44. The zero-order valence-electron chi connectivity index (χ0n) is 13.8. The van der Waals surface area contributed by atoms with Gasteiger partial charge in [0.25, 0.3) is 5.91 Å². The molecule has 23 heavy (non-hydrogen) atoms. The molecule has 2 heterocycles. The summed E-state index contributed by atoms with van der Waals surface area (Å²) in [5.74, 6) is -0.337. The second kappa shape index (κ2) is 6.97. The van der Waals surface area contributed by atoms with Crippen molar-refractivity contribution in [2.45, 2.75) is 32.0 Å². The zero-order chi connectivity index (χ0) is 16.3. The highest BCUT2D eigenvalue weighted by molar-refractivity contribution is 5.85. The first-order valence-corrected chi connectivity index (χ1v) is 8.41. The molecule has 1 aromatic rings. The summed E-state index contributed by atoms with van der Waals surface area (Å²) in [7, 11) is 0. The number of hydrogen-bond acceptors (Lipinski definition) is 3. The Morgan fingerprint density at radius 2 is 1.91 bits per heavy atom. The van der Waals surface area contributed by atoms with Crippen LogP contribution in [0, 0.1) is 6.92 Å². The molecule has 0 atom stereocenters. The maximum Gasteiger partial charge on any atom is 0.260 e. The predicted molar refractivity (Wildman–Crippen MR) is 86.9 cm³/mol. The summed E-state index contributed by atoms with van der Waals surface area (Å²) in [6.07, 6.45) is 0.573.